The van der Waals surface area contributed by atoms with Crippen LogP contribution in [0, 0.1) is 5.92 Å². The zero-order valence-corrected chi connectivity index (χ0v) is 22.6. The van der Waals surface area contributed by atoms with Crippen LogP contribution >= 0.6 is 0 Å². The lowest BCUT2D eigenvalue weighted by Gasteiger charge is -2.17. The Labute approximate surface area is 230 Å². The van der Waals surface area contributed by atoms with E-state index in [0.29, 0.717) is 29.3 Å². The number of hydrogen-bond donors (Lipinski definition) is 3. The van der Waals surface area contributed by atoms with E-state index in [1.54, 1.807) is 32.4 Å². The van der Waals surface area contributed by atoms with Crippen molar-refractivity contribution in [1.82, 2.24) is 34.7 Å². The van der Waals surface area contributed by atoms with Crippen molar-refractivity contribution in [2.24, 2.45) is 5.92 Å². The molecule has 13 heteroatoms. The molecule has 0 aliphatic heterocycles. The fourth-order valence-electron chi connectivity index (χ4n) is 3.82. The van der Waals surface area contributed by atoms with Crippen LogP contribution < -0.4 is 16.2 Å². The van der Waals surface area contributed by atoms with E-state index in [9.17, 15) is 19.2 Å². The minimum absolute atomic E-state index is 0.0338. The Morgan fingerprint density at radius 1 is 1.27 bits per heavy atom. The van der Waals surface area contributed by atoms with E-state index in [1.165, 1.54) is 47.9 Å². The van der Waals surface area contributed by atoms with Crippen molar-refractivity contribution in [3.05, 3.63) is 64.8 Å². The Kier molecular flexibility index (Phi) is 9.04. The van der Waals surface area contributed by atoms with Gasteiger partial charge in [-0.2, -0.15) is 0 Å². The summed E-state index contributed by atoms with van der Waals surface area (Å²) in [4.78, 5) is 67.4. The largest absolute Gasteiger partial charge is 0.453 e. The standard InChI is InChI=1S/C27H32N8O5/c1-34(2)22(36)9-5-4-7-19(31-27(39)40-3)25(37)30-20-8-6-14-35(26(20)38)15-21-32-23-18(13-12-17-10-11-17)28-16-29-24(23)33-21/h5-6,8-9,12-14,16-17,19H,4,7,10-11,15H2,1-3H3,(H,30,37)(H,31,39)(H,28,29,32,33)/b9-5+,13-12+/t19-/m0/s1. The summed E-state index contributed by atoms with van der Waals surface area (Å²) in [5.41, 5.74) is 1.49. The summed E-state index contributed by atoms with van der Waals surface area (Å²) in [7, 11) is 4.44. The van der Waals surface area contributed by atoms with Gasteiger partial charge >= 0.3 is 6.09 Å². The smallest absolute Gasteiger partial charge is 0.407 e. The van der Waals surface area contributed by atoms with Crippen LogP contribution in [0.15, 0.2) is 47.7 Å². The van der Waals surface area contributed by atoms with Gasteiger partial charge in [-0.3, -0.25) is 14.4 Å². The van der Waals surface area contributed by atoms with E-state index < -0.39 is 23.6 Å². The van der Waals surface area contributed by atoms with E-state index in [1.807, 2.05) is 6.08 Å². The molecule has 13 nitrogen and oxygen atoms in total. The van der Waals surface area contributed by atoms with Crippen molar-refractivity contribution in [2.45, 2.75) is 38.3 Å². The Morgan fingerprint density at radius 2 is 2.08 bits per heavy atom. The van der Waals surface area contributed by atoms with Crippen LogP contribution in [-0.4, -0.2) is 74.6 Å². The second-order valence-electron chi connectivity index (χ2n) is 9.58. The molecule has 1 aliphatic rings. The summed E-state index contributed by atoms with van der Waals surface area (Å²) in [6.45, 7) is 0.110. The maximum Gasteiger partial charge on any atom is 0.407 e. The predicted molar refractivity (Wildman–Crippen MR) is 148 cm³/mol. The Morgan fingerprint density at radius 3 is 2.80 bits per heavy atom. The van der Waals surface area contributed by atoms with Crippen LogP contribution in [0.1, 0.15) is 37.2 Å². The van der Waals surface area contributed by atoms with E-state index >= 15 is 0 Å². The van der Waals surface area contributed by atoms with Crippen molar-refractivity contribution in [3.8, 4) is 0 Å². The number of fused-ring (bicyclic) bond motifs is 1. The lowest BCUT2D eigenvalue weighted by molar-refractivity contribution is -0.123. The molecule has 1 atom stereocenters. The van der Waals surface area contributed by atoms with Crippen molar-refractivity contribution < 1.29 is 19.1 Å². The molecule has 1 aliphatic carbocycles. The first-order valence-corrected chi connectivity index (χ1v) is 12.9. The van der Waals surface area contributed by atoms with Crippen LogP contribution in [0.5, 0.6) is 0 Å². The first-order valence-electron chi connectivity index (χ1n) is 12.9. The second-order valence-corrected chi connectivity index (χ2v) is 9.58. The average Bonchev–Trinajstić information content (AvgIpc) is 3.67. The highest BCUT2D eigenvalue weighted by atomic mass is 16.5. The molecule has 3 amide bonds. The number of alkyl carbamates (subject to hydrolysis) is 1. The number of nitrogens with one attached hydrogen (secondary N) is 3. The number of aromatic amines is 1. The third kappa shape index (κ3) is 7.40. The van der Waals surface area contributed by atoms with Crippen LogP contribution in [-0.2, 0) is 20.9 Å². The summed E-state index contributed by atoms with van der Waals surface area (Å²) in [5, 5.41) is 5.07. The lowest BCUT2D eigenvalue weighted by Crippen LogP contribution is -2.44. The molecule has 1 saturated carbocycles. The number of H-pyrrole nitrogens is 1. The second kappa shape index (κ2) is 12.8. The number of carbonyl (C=O) groups excluding carboxylic acids is 3. The molecule has 0 unspecified atom stereocenters. The van der Waals surface area contributed by atoms with Gasteiger partial charge in [0.05, 0.1) is 19.3 Å². The third-order valence-electron chi connectivity index (χ3n) is 6.23. The van der Waals surface area contributed by atoms with Crippen molar-refractivity contribution in [3.63, 3.8) is 0 Å². The molecule has 3 aromatic heterocycles. The van der Waals surface area contributed by atoms with E-state index in [2.05, 4.69) is 41.4 Å². The number of aromatic nitrogens is 5. The van der Waals surface area contributed by atoms with Crippen LogP contribution in [0.3, 0.4) is 0 Å². The highest BCUT2D eigenvalue weighted by Crippen LogP contribution is 2.31. The number of nitrogens with zero attached hydrogens (tertiary/aromatic N) is 5. The zero-order chi connectivity index (χ0) is 28.6. The van der Waals surface area contributed by atoms with E-state index in [0.717, 1.165) is 5.69 Å². The van der Waals surface area contributed by atoms with Gasteiger partial charge in [-0.1, -0.05) is 12.2 Å². The summed E-state index contributed by atoms with van der Waals surface area (Å²) in [5.74, 6) is 0.300. The molecule has 3 aromatic rings. The number of hydrogen-bond acceptors (Lipinski definition) is 8. The zero-order valence-electron chi connectivity index (χ0n) is 22.6. The number of carbonyl (C=O) groups is 3. The Balaban J connectivity index is 1.47. The van der Waals surface area contributed by atoms with Gasteiger partial charge in [0.2, 0.25) is 11.8 Å². The Hall–Kier alpha value is -4.81. The van der Waals surface area contributed by atoms with Gasteiger partial charge in [-0.05, 0) is 55.9 Å². The topological polar surface area (TPSA) is 164 Å². The van der Waals surface area contributed by atoms with E-state index in [4.69, 9.17) is 0 Å². The monoisotopic (exact) mass is 548 g/mol. The number of pyridine rings is 1. The number of likely N-dealkylation sites (N-methyl/N-ethyl adjacent to an activating group) is 1. The molecule has 0 aromatic carbocycles. The number of imidazole rings is 1. The molecule has 210 valence electrons. The number of amides is 3. The molecule has 4 rings (SSSR count). The highest BCUT2D eigenvalue weighted by molar-refractivity contribution is 5.96. The summed E-state index contributed by atoms with van der Waals surface area (Å²) < 4.78 is 6.03. The van der Waals surface area contributed by atoms with Crippen LogP contribution in [0.25, 0.3) is 17.2 Å². The highest BCUT2D eigenvalue weighted by Gasteiger charge is 2.22. The number of anilines is 1. The minimum atomic E-state index is -1.00. The van der Waals surface area contributed by atoms with Gasteiger partial charge in [0, 0.05) is 20.3 Å². The average molecular weight is 549 g/mol. The maximum absolute atomic E-state index is 13.2. The Bertz CT molecular complexity index is 1500. The molecule has 1 fully saturated rings. The van der Waals surface area contributed by atoms with Crippen LogP contribution in [0.4, 0.5) is 10.5 Å². The molecule has 0 bridgehead atoms. The van der Waals surface area contributed by atoms with E-state index in [-0.39, 0.29) is 24.6 Å². The third-order valence-corrected chi connectivity index (χ3v) is 6.23. The van der Waals surface area contributed by atoms with Gasteiger partial charge in [0.15, 0.2) is 5.65 Å². The quantitative estimate of drug-likeness (QED) is 0.307. The number of rotatable bonds is 11. The first-order chi connectivity index (χ1) is 19.2. The molecule has 3 N–H and O–H groups in total. The van der Waals surface area contributed by atoms with Crippen molar-refractivity contribution >= 4 is 40.8 Å². The van der Waals surface area contributed by atoms with Gasteiger partial charge in [-0.15, -0.1) is 0 Å². The number of ether oxygens (including phenoxy) is 1. The van der Waals surface area contributed by atoms with Gasteiger partial charge in [0.1, 0.15) is 29.4 Å². The number of allylic oxidation sites excluding steroid dienone is 2. The fraction of sp³-hybridized carbons (Fsp3) is 0.370. The first kappa shape index (κ1) is 28.2. The maximum atomic E-state index is 13.2. The molecule has 3 heterocycles. The summed E-state index contributed by atoms with van der Waals surface area (Å²) in [6, 6.07) is 2.10. The van der Waals surface area contributed by atoms with Gasteiger partial charge in [-0.25, -0.2) is 19.7 Å². The molecular weight excluding hydrogens is 516 g/mol. The summed E-state index contributed by atoms with van der Waals surface area (Å²) in [6.07, 6.45) is 12.2. The molecule has 0 saturated heterocycles. The predicted octanol–water partition coefficient (Wildman–Crippen LogP) is 2.07. The normalized spacial score (nSPS) is 14.0. The molecule has 0 spiro atoms. The van der Waals surface area contributed by atoms with Crippen molar-refractivity contribution in [2.75, 3.05) is 26.5 Å². The number of methoxy groups -OCH3 is 1. The molecular formula is C27H32N8O5. The lowest BCUT2D eigenvalue weighted by atomic mass is 10.1. The van der Waals surface area contributed by atoms with Gasteiger partial charge < -0.3 is 29.8 Å². The molecule has 0 radical (unpaired) electrons. The van der Waals surface area contributed by atoms with Gasteiger partial charge in [0.25, 0.3) is 5.56 Å². The minimum Gasteiger partial charge on any atom is -0.453 e. The fourth-order valence-corrected chi connectivity index (χ4v) is 3.82. The van der Waals surface area contributed by atoms with Crippen molar-refractivity contribution in [1.29, 1.82) is 0 Å². The summed E-state index contributed by atoms with van der Waals surface area (Å²) >= 11 is 0. The van der Waals surface area contributed by atoms with Crippen LogP contribution in [0.2, 0.25) is 0 Å². The SMILES string of the molecule is COC(=O)N[C@@H](CC/C=C/C(=O)N(C)C)C(=O)Nc1cccn(Cc2nc3ncnc(/C=C/C4CC4)c3[nH]2)c1=O. The molecule has 40 heavy (non-hydrogen) atoms.